The van der Waals surface area contributed by atoms with Gasteiger partial charge in [-0.25, -0.2) is 0 Å². The maximum Gasteiger partial charge on any atom is 0.0518 e. The Morgan fingerprint density at radius 2 is 2.05 bits per heavy atom. The molecular formula is C17H24N2. The minimum absolute atomic E-state index is 0. The normalized spacial score (nSPS) is 21.6. The van der Waals surface area contributed by atoms with Gasteiger partial charge in [-0.1, -0.05) is 32.5 Å². The number of hydrogen-bond donors (Lipinski definition) is 1. The molecule has 1 unspecified atom stereocenters. The van der Waals surface area contributed by atoms with Crippen LogP contribution in [0.1, 0.15) is 31.2 Å². The van der Waals surface area contributed by atoms with E-state index in [4.69, 9.17) is 0 Å². The summed E-state index contributed by atoms with van der Waals surface area (Å²) in [6, 6.07) is 6.90. The second kappa shape index (κ2) is 4.68. The molecule has 0 fully saturated rings. The van der Waals surface area contributed by atoms with E-state index in [0.717, 1.165) is 19.0 Å². The van der Waals surface area contributed by atoms with Gasteiger partial charge < -0.3 is 9.88 Å². The Morgan fingerprint density at radius 1 is 1.21 bits per heavy atom. The summed E-state index contributed by atoms with van der Waals surface area (Å²) in [6.07, 6.45) is 3.63. The Labute approximate surface area is 115 Å². The first-order chi connectivity index (χ1) is 8.84. The Kier molecular flexibility index (Phi) is 3.14. The first-order valence-electron chi connectivity index (χ1n) is 7.17. The van der Waals surface area contributed by atoms with E-state index in [2.05, 4.69) is 35.0 Å². The Morgan fingerprint density at radius 3 is 2.95 bits per heavy atom. The number of hydrogen-bond acceptors (Lipinski definition) is 1. The minimum Gasteiger partial charge on any atom is -0.344 e. The summed E-state index contributed by atoms with van der Waals surface area (Å²) in [6.45, 7) is 5.85. The van der Waals surface area contributed by atoms with Crippen LogP contribution >= 0.6 is 0 Å². The molecular weight excluding hydrogens is 232 g/mol. The van der Waals surface area contributed by atoms with Crippen LogP contribution in [0.2, 0.25) is 0 Å². The number of aromatic nitrogens is 1. The highest BCUT2D eigenvalue weighted by Crippen LogP contribution is 2.35. The van der Waals surface area contributed by atoms with E-state index in [1.54, 1.807) is 22.3 Å². The third kappa shape index (κ3) is 1.81. The van der Waals surface area contributed by atoms with Crippen LogP contribution in [-0.2, 0) is 25.8 Å². The Hall–Kier alpha value is -1.28. The third-order valence-corrected chi connectivity index (χ3v) is 4.54. The van der Waals surface area contributed by atoms with E-state index in [-0.39, 0.29) is 7.43 Å². The molecule has 2 aromatic rings. The van der Waals surface area contributed by atoms with Crippen LogP contribution in [0, 0.1) is 5.92 Å². The van der Waals surface area contributed by atoms with Crippen LogP contribution < -0.4 is 5.32 Å². The molecule has 0 bridgehead atoms. The summed E-state index contributed by atoms with van der Waals surface area (Å²) < 4.78 is 2.63. The molecule has 1 N–H and O–H groups in total. The molecule has 0 saturated heterocycles. The lowest BCUT2D eigenvalue weighted by atomic mass is 9.95. The summed E-state index contributed by atoms with van der Waals surface area (Å²) in [4.78, 5) is 0. The lowest BCUT2D eigenvalue weighted by molar-refractivity contribution is 0.461. The van der Waals surface area contributed by atoms with Crippen molar-refractivity contribution in [2.24, 2.45) is 5.92 Å². The number of nitrogens with one attached hydrogen (secondary N) is 1. The monoisotopic (exact) mass is 256 g/mol. The van der Waals surface area contributed by atoms with E-state index in [9.17, 15) is 0 Å². The van der Waals surface area contributed by atoms with Crippen molar-refractivity contribution in [2.75, 3.05) is 13.1 Å². The molecule has 0 aliphatic carbocycles. The zero-order chi connectivity index (χ0) is 12.1. The van der Waals surface area contributed by atoms with Gasteiger partial charge in [0.2, 0.25) is 0 Å². The molecule has 0 spiro atoms. The number of fused-ring (bicyclic) bond motifs is 3. The van der Waals surface area contributed by atoms with Crippen LogP contribution in [0.4, 0.5) is 0 Å². The fraction of sp³-hybridized carbons (Fsp3) is 0.529. The van der Waals surface area contributed by atoms with E-state index in [1.807, 2.05) is 0 Å². The minimum atomic E-state index is 0. The topological polar surface area (TPSA) is 17.0 Å². The Balaban J connectivity index is 0.00000110. The van der Waals surface area contributed by atoms with Crippen LogP contribution in [0.3, 0.4) is 0 Å². The molecule has 0 amide bonds. The first-order valence-corrected chi connectivity index (χ1v) is 7.17. The second-order valence-electron chi connectivity index (χ2n) is 5.91. The van der Waals surface area contributed by atoms with Crippen molar-refractivity contribution in [3.63, 3.8) is 0 Å². The van der Waals surface area contributed by atoms with Gasteiger partial charge in [0.15, 0.2) is 0 Å². The highest BCUT2D eigenvalue weighted by molar-refractivity contribution is 5.89. The zero-order valence-corrected chi connectivity index (χ0v) is 11.0. The lowest BCUT2D eigenvalue weighted by Crippen LogP contribution is -2.20. The molecule has 2 aliphatic heterocycles. The number of rotatable bonds is 0. The van der Waals surface area contributed by atoms with Crippen molar-refractivity contribution in [2.45, 2.75) is 40.2 Å². The average molecular weight is 256 g/mol. The fourth-order valence-corrected chi connectivity index (χ4v) is 3.83. The molecule has 1 atom stereocenters. The predicted octanol–water partition coefficient (Wildman–Crippen LogP) is 3.16. The van der Waals surface area contributed by atoms with Gasteiger partial charge in [-0.2, -0.15) is 0 Å². The molecule has 2 heteroatoms. The Bertz CT molecular complexity index is 609. The third-order valence-electron chi connectivity index (χ3n) is 4.54. The molecule has 1 aromatic carbocycles. The zero-order valence-electron chi connectivity index (χ0n) is 11.0. The number of benzene rings is 1. The van der Waals surface area contributed by atoms with E-state index < -0.39 is 0 Å². The second-order valence-corrected chi connectivity index (χ2v) is 5.91. The van der Waals surface area contributed by atoms with Gasteiger partial charge in [-0.15, -0.1) is 0 Å². The first kappa shape index (κ1) is 12.7. The maximum atomic E-state index is 3.53. The van der Waals surface area contributed by atoms with Crippen molar-refractivity contribution in [1.29, 1.82) is 0 Å². The van der Waals surface area contributed by atoms with Crippen LogP contribution in [-0.4, -0.2) is 17.7 Å². The lowest BCUT2D eigenvalue weighted by Gasteiger charge is -2.23. The van der Waals surface area contributed by atoms with E-state index in [0.29, 0.717) is 0 Å². The van der Waals surface area contributed by atoms with Gasteiger partial charge in [0, 0.05) is 30.6 Å². The summed E-state index contributed by atoms with van der Waals surface area (Å²) in [7, 11) is 0. The van der Waals surface area contributed by atoms with Crippen LogP contribution in [0.15, 0.2) is 18.2 Å². The summed E-state index contributed by atoms with van der Waals surface area (Å²) in [5.41, 5.74) is 6.33. The molecule has 2 aliphatic rings. The fourth-order valence-electron chi connectivity index (χ4n) is 3.83. The van der Waals surface area contributed by atoms with Crippen LogP contribution in [0.5, 0.6) is 0 Å². The van der Waals surface area contributed by atoms with Gasteiger partial charge in [0.25, 0.3) is 0 Å². The smallest absolute Gasteiger partial charge is 0.0518 e. The van der Waals surface area contributed by atoms with Crippen molar-refractivity contribution in [1.82, 2.24) is 9.88 Å². The molecule has 4 rings (SSSR count). The molecule has 1 aromatic heterocycles. The van der Waals surface area contributed by atoms with Gasteiger partial charge in [0.1, 0.15) is 0 Å². The molecule has 2 nitrogen and oxygen atoms in total. The average Bonchev–Trinajstić information content (AvgIpc) is 2.55. The number of para-hydroxylation sites is 1. The molecule has 3 heterocycles. The summed E-state index contributed by atoms with van der Waals surface area (Å²) >= 11 is 0. The molecule has 102 valence electrons. The van der Waals surface area contributed by atoms with Crippen molar-refractivity contribution in [3.8, 4) is 0 Å². The van der Waals surface area contributed by atoms with Gasteiger partial charge in [-0.3, -0.25) is 0 Å². The van der Waals surface area contributed by atoms with Crippen molar-refractivity contribution < 1.29 is 0 Å². The highest BCUT2D eigenvalue weighted by Gasteiger charge is 2.24. The van der Waals surface area contributed by atoms with E-state index >= 15 is 0 Å². The standard InChI is InChI=1S/C16H20N2.CH4/c1-11-9-12-3-2-4-14-13-5-7-17-8-6-15(13)18(10-11)16(12)14;/h2-4,11,17H,5-10H2,1H3;1H4. The largest absolute Gasteiger partial charge is 0.344 e. The quantitative estimate of drug-likeness (QED) is 0.766. The van der Waals surface area contributed by atoms with E-state index in [1.165, 1.54) is 31.2 Å². The van der Waals surface area contributed by atoms with Gasteiger partial charge >= 0.3 is 0 Å². The van der Waals surface area contributed by atoms with Gasteiger partial charge in [0.05, 0.1) is 5.52 Å². The summed E-state index contributed by atoms with van der Waals surface area (Å²) in [5, 5.41) is 5.05. The highest BCUT2D eigenvalue weighted by atomic mass is 15.0. The SMILES string of the molecule is C.CC1Cc2cccc3c4c(n(c23)C1)CCNCC4. The van der Waals surface area contributed by atoms with Crippen molar-refractivity contribution in [3.05, 3.63) is 35.0 Å². The molecule has 19 heavy (non-hydrogen) atoms. The van der Waals surface area contributed by atoms with Gasteiger partial charge in [-0.05, 0) is 36.4 Å². The maximum absolute atomic E-state index is 3.53. The predicted molar refractivity (Wildman–Crippen MR) is 81.8 cm³/mol. The molecule has 0 radical (unpaired) electrons. The molecule has 0 saturated carbocycles. The summed E-state index contributed by atoms with van der Waals surface area (Å²) in [5.74, 6) is 0.774. The van der Waals surface area contributed by atoms with Crippen LogP contribution in [0.25, 0.3) is 10.9 Å². The van der Waals surface area contributed by atoms with Crippen molar-refractivity contribution >= 4 is 10.9 Å². The number of nitrogens with zero attached hydrogens (tertiary/aromatic N) is 1.